The first-order chi connectivity index (χ1) is 6.56. The summed E-state index contributed by atoms with van der Waals surface area (Å²) in [6.07, 6.45) is 0. The SMILES string of the molecule is Cc1ccc(C)c(C(=O)C(Br)CBr)c1. The van der Waals surface area contributed by atoms with Crippen LogP contribution in [0, 0.1) is 13.8 Å². The van der Waals surface area contributed by atoms with Gasteiger partial charge in [0, 0.05) is 10.9 Å². The Morgan fingerprint density at radius 2 is 2.07 bits per heavy atom. The largest absolute Gasteiger partial charge is 0.293 e. The second-order valence-electron chi connectivity index (χ2n) is 3.30. The molecule has 0 bridgehead atoms. The summed E-state index contributed by atoms with van der Waals surface area (Å²) >= 11 is 6.63. The van der Waals surface area contributed by atoms with E-state index in [2.05, 4.69) is 31.9 Å². The quantitative estimate of drug-likeness (QED) is 0.614. The molecule has 0 saturated carbocycles. The molecule has 0 N–H and O–H groups in total. The predicted octanol–water partition coefficient (Wildman–Crippen LogP) is 3.64. The molecule has 1 nitrogen and oxygen atoms in total. The minimum absolute atomic E-state index is 0.136. The Hall–Kier alpha value is -0.150. The van der Waals surface area contributed by atoms with Gasteiger partial charge in [0.25, 0.3) is 0 Å². The molecule has 0 spiro atoms. The van der Waals surface area contributed by atoms with Gasteiger partial charge in [-0.3, -0.25) is 4.79 Å². The highest BCUT2D eigenvalue weighted by atomic mass is 79.9. The molecule has 0 amide bonds. The van der Waals surface area contributed by atoms with Gasteiger partial charge in [0.2, 0.25) is 0 Å². The minimum Gasteiger partial charge on any atom is -0.293 e. The summed E-state index contributed by atoms with van der Waals surface area (Å²) in [5.41, 5.74) is 2.96. The number of benzene rings is 1. The monoisotopic (exact) mass is 318 g/mol. The van der Waals surface area contributed by atoms with Crippen LogP contribution in [0.5, 0.6) is 0 Å². The van der Waals surface area contributed by atoms with E-state index < -0.39 is 0 Å². The predicted molar refractivity (Wildman–Crippen MR) is 66.8 cm³/mol. The molecule has 14 heavy (non-hydrogen) atoms. The molecule has 0 radical (unpaired) electrons. The molecule has 1 aromatic rings. The lowest BCUT2D eigenvalue weighted by Gasteiger charge is -2.08. The van der Waals surface area contributed by atoms with E-state index in [1.807, 2.05) is 32.0 Å². The summed E-state index contributed by atoms with van der Waals surface area (Å²) in [5.74, 6) is 0.142. The Labute approximate surface area is 101 Å². The number of alkyl halides is 2. The number of Topliss-reactive ketones (excluding diaryl/α,β-unsaturated/α-hetero) is 1. The molecule has 0 heterocycles. The molecule has 0 aliphatic heterocycles. The first-order valence-electron chi connectivity index (χ1n) is 4.37. The van der Waals surface area contributed by atoms with Crippen LogP contribution in [0.4, 0.5) is 0 Å². The van der Waals surface area contributed by atoms with Crippen LogP contribution in [0.25, 0.3) is 0 Å². The maximum atomic E-state index is 11.9. The maximum Gasteiger partial charge on any atom is 0.177 e. The summed E-state index contributed by atoms with van der Waals surface area (Å²) in [7, 11) is 0. The van der Waals surface area contributed by atoms with Crippen molar-refractivity contribution >= 4 is 37.6 Å². The van der Waals surface area contributed by atoms with E-state index in [4.69, 9.17) is 0 Å². The van der Waals surface area contributed by atoms with Gasteiger partial charge in [-0.2, -0.15) is 0 Å². The van der Waals surface area contributed by atoms with E-state index in [-0.39, 0.29) is 10.6 Å². The third-order valence-corrected chi connectivity index (χ3v) is 4.33. The van der Waals surface area contributed by atoms with Crippen molar-refractivity contribution in [1.82, 2.24) is 0 Å². The van der Waals surface area contributed by atoms with E-state index in [1.54, 1.807) is 0 Å². The molecule has 1 atom stereocenters. The zero-order valence-electron chi connectivity index (χ0n) is 8.18. The summed E-state index contributed by atoms with van der Waals surface area (Å²) < 4.78 is 0. The number of rotatable bonds is 3. The van der Waals surface area contributed by atoms with Crippen LogP contribution in [0.1, 0.15) is 21.5 Å². The van der Waals surface area contributed by atoms with Crippen molar-refractivity contribution < 1.29 is 4.79 Å². The molecule has 0 aromatic heterocycles. The van der Waals surface area contributed by atoms with Crippen molar-refractivity contribution in [1.29, 1.82) is 0 Å². The summed E-state index contributed by atoms with van der Waals surface area (Å²) in [5, 5.41) is 0.638. The molecule has 1 aromatic carbocycles. The smallest absolute Gasteiger partial charge is 0.177 e. The molecule has 1 unspecified atom stereocenters. The molecular weight excluding hydrogens is 308 g/mol. The maximum absolute atomic E-state index is 11.9. The minimum atomic E-state index is -0.136. The van der Waals surface area contributed by atoms with Crippen molar-refractivity contribution in [3.63, 3.8) is 0 Å². The van der Waals surface area contributed by atoms with Crippen LogP contribution < -0.4 is 0 Å². The molecule has 3 heteroatoms. The standard InChI is InChI=1S/C11H12Br2O/c1-7-3-4-8(2)9(5-7)11(14)10(13)6-12/h3-5,10H,6H2,1-2H3. The Bertz CT molecular complexity index is 347. The Morgan fingerprint density at radius 1 is 1.43 bits per heavy atom. The van der Waals surface area contributed by atoms with E-state index in [0.29, 0.717) is 5.33 Å². The number of halogens is 2. The lowest BCUT2D eigenvalue weighted by molar-refractivity contribution is 0.0996. The van der Waals surface area contributed by atoms with Crippen molar-refractivity contribution in [3.8, 4) is 0 Å². The van der Waals surface area contributed by atoms with Gasteiger partial charge in [-0.1, -0.05) is 49.6 Å². The Kier molecular flexibility index (Phi) is 4.32. The van der Waals surface area contributed by atoms with Gasteiger partial charge in [-0.25, -0.2) is 0 Å². The molecule has 0 aliphatic carbocycles. The fraction of sp³-hybridized carbons (Fsp3) is 0.364. The van der Waals surface area contributed by atoms with Crippen molar-refractivity contribution in [3.05, 3.63) is 34.9 Å². The highest BCUT2D eigenvalue weighted by Gasteiger charge is 2.17. The lowest BCUT2D eigenvalue weighted by atomic mass is 10.0. The number of ketones is 1. The number of hydrogen-bond donors (Lipinski definition) is 0. The second kappa shape index (κ2) is 5.08. The Balaban J connectivity index is 3.06. The van der Waals surface area contributed by atoms with E-state index in [1.165, 1.54) is 0 Å². The molecule has 0 aliphatic rings. The molecule has 1 rings (SSSR count). The summed E-state index contributed by atoms with van der Waals surface area (Å²) in [6, 6.07) is 5.94. The average Bonchev–Trinajstić information content (AvgIpc) is 2.19. The number of aryl methyl sites for hydroxylation is 2. The molecular formula is C11H12Br2O. The summed E-state index contributed by atoms with van der Waals surface area (Å²) in [4.78, 5) is 11.7. The molecule has 0 saturated heterocycles. The lowest BCUT2D eigenvalue weighted by Crippen LogP contribution is -2.16. The zero-order chi connectivity index (χ0) is 10.7. The van der Waals surface area contributed by atoms with E-state index in [9.17, 15) is 4.79 Å². The van der Waals surface area contributed by atoms with E-state index >= 15 is 0 Å². The number of hydrogen-bond acceptors (Lipinski definition) is 1. The highest BCUT2D eigenvalue weighted by Crippen LogP contribution is 2.17. The second-order valence-corrected chi connectivity index (χ2v) is 5.06. The van der Waals surface area contributed by atoms with Gasteiger partial charge in [0.15, 0.2) is 5.78 Å². The Morgan fingerprint density at radius 3 is 2.64 bits per heavy atom. The third-order valence-electron chi connectivity index (χ3n) is 2.08. The highest BCUT2D eigenvalue weighted by molar-refractivity contribution is 9.12. The molecule has 76 valence electrons. The van der Waals surface area contributed by atoms with Crippen LogP contribution in [0.3, 0.4) is 0 Å². The van der Waals surface area contributed by atoms with Crippen LogP contribution in [-0.4, -0.2) is 15.9 Å². The van der Waals surface area contributed by atoms with E-state index in [0.717, 1.165) is 16.7 Å². The topological polar surface area (TPSA) is 17.1 Å². The van der Waals surface area contributed by atoms with Gasteiger partial charge < -0.3 is 0 Å². The number of carbonyl (C=O) groups is 1. The van der Waals surface area contributed by atoms with Gasteiger partial charge in [0.05, 0.1) is 4.83 Å². The van der Waals surface area contributed by atoms with Gasteiger partial charge in [0.1, 0.15) is 0 Å². The van der Waals surface area contributed by atoms with Crippen molar-refractivity contribution in [2.45, 2.75) is 18.7 Å². The normalized spacial score (nSPS) is 12.6. The fourth-order valence-corrected chi connectivity index (χ4v) is 1.78. The number of carbonyl (C=O) groups excluding carboxylic acids is 1. The molecule has 0 fully saturated rings. The average molecular weight is 320 g/mol. The van der Waals surface area contributed by atoms with Gasteiger partial charge in [-0.15, -0.1) is 0 Å². The van der Waals surface area contributed by atoms with Crippen LogP contribution >= 0.6 is 31.9 Å². The van der Waals surface area contributed by atoms with Crippen molar-refractivity contribution in [2.75, 3.05) is 5.33 Å². The van der Waals surface area contributed by atoms with Crippen molar-refractivity contribution in [2.24, 2.45) is 0 Å². The fourth-order valence-electron chi connectivity index (χ4n) is 1.24. The van der Waals surface area contributed by atoms with Crippen LogP contribution in [-0.2, 0) is 0 Å². The first kappa shape index (κ1) is 11.9. The van der Waals surface area contributed by atoms with Gasteiger partial charge in [-0.05, 0) is 25.5 Å². The third kappa shape index (κ3) is 2.67. The zero-order valence-corrected chi connectivity index (χ0v) is 11.4. The van der Waals surface area contributed by atoms with Crippen LogP contribution in [0.2, 0.25) is 0 Å². The summed E-state index contributed by atoms with van der Waals surface area (Å²) in [6.45, 7) is 3.95. The van der Waals surface area contributed by atoms with Gasteiger partial charge >= 0.3 is 0 Å². The van der Waals surface area contributed by atoms with Crippen LogP contribution in [0.15, 0.2) is 18.2 Å². The first-order valence-corrected chi connectivity index (χ1v) is 6.41.